The molecule has 0 bridgehead atoms. The van der Waals surface area contributed by atoms with Crippen molar-refractivity contribution < 1.29 is 32.3 Å². The van der Waals surface area contributed by atoms with Gasteiger partial charge in [-0.3, -0.25) is 0 Å². The second-order valence-corrected chi connectivity index (χ2v) is 6.46. The average Bonchev–Trinajstić information content (AvgIpc) is 2.70. The van der Waals surface area contributed by atoms with Crippen molar-refractivity contribution in [2.75, 3.05) is 52.9 Å². The van der Waals surface area contributed by atoms with Crippen molar-refractivity contribution in [1.29, 1.82) is 5.26 Å². The fourth-order valence-corrected chi connectivity index (χ4v) is 2.53. The van der Waals surface area contributed by atoms with Gasteiger partial charge in [0.25, 0.3) is 0 Å². The molecule has 148 valence electrons. The lowest BCUT2D eigenvalue weighted by Crippen LogP contribution is -2.41. The van der Waals surface area contributed by atoms with Gasteiger partial charge in [-0.15, -0.1) is 0 Å². The van der Waals surface area contributed by atoms with Gasteiger partial charge in [-0.1, -0.05) is 20.7 Å². The van der Waals surface area contributed by atoms with Gasteiger partial charge in [0, 0.05) is 23.9 Å². The Bertz CT molecular complexity index is 361. The second kappa shape index (κ2) is 17.1. The topological polar surface area (TPSA) is 90.2 Å². The maximum Gasteiger partial charge on any atom is 0.329 e. The molecule has 1 atom stereocenters. The molecule has 0 spiro atoms. The molecule has 0 heterocycles. The Morgan fingerprint density at radius 3 is 1.84 bits per heavy atom. The molecular formula is C17H34NO6P. The summed E-state index contributed by atoms with van der Waals surface area (Å²) in [6, 6.07) is 1.93. The lowest BCUT2D eigenvalue weighted by Gasteiger charge is -2.33. The summed E-state index contributed by atoms with van der Waals surface area (Å²) in [5.74, 6) is 0. The standard InChI is InChI=1S/C17H34NO6P/c1-4-9-20-13-17(14-21-10-5-2,15-22-11-6-3)16-24-25(19)23-12-7-8-18/h19H,4-7,9-16H2,1-3H3/i1D,2D,3D. The van der Waals surface area contributed by atoms with Gasteiger partial charge in [0.2, 0.25) is 0 Å². The first-order valence-corrected chi connectivity index (χ1v) is 9.50. The molecule has 25 heavy (non-hydrogen) atoms. The Kier molecular flexibility index (Phi) is 13.3. The molecule has 0 aliphatic heterocycles. The largest absolute Gasteiger partial charge is 0.381 e. The van der Waals surface area contributed by atoms with Gasteiger partial charge in [0.05, 0.1) is 50.9 Å². The van der Waals surface area contributed by atoms with Crippen molar-refractivity contribution in [2.45, 2.75) is 46.4 Å². The molecule has 0 aromatic carbocycles. The van der Waals surface area contributed by atoms with E-state index in [1.54, 1.807) is 0 Å². The highest BCUT2D eigenvalue weighted by atomic mass is 31.2. The van der Waals surface area contributed by atoms with Gasteiger partial charge < -0.3 is 28.2 Å². The van der Waals surface area contributed by atoms with Gasteiger partial charge >= 0.3 is 8.60 Å². The summed E-state index contributed by atoms with van der Waals surface area (Å²) >= 11 is 0. The molecule has 7 nitrogen and oxygen atoms in total. The van der Waals surface area contributed by atoms with Gasteiger partial charge in [-0.05, 0) is 19.3 Å². The minimum atomic E-state index is -2.13. The van der Waals surface area contributed by atoms with Crippen LogP contribution in [0.25, 0.3) is 0 Å². The Morgan fingerprint density at radius 1 is 0.880 bits per heavy atom. The number of rotatable bonds is 18. The van der Waals surface area contributed by atoms with E-state index in [1.165, 1.54) is 0 Å². The molecule has 0 amide bonds. The first kappa shape index (κ1) is 19.4. The first-order chi connectivity index (χ1) is 13.6. The zero-order valence-electron chi connectivity index (χ0n) is 18.0. The SMILES string of the molecule is [2H]CCCOCC(COCCC[2H])(COCCC[2H])COP(O)OCCC#N. The van der Waals surface area contributed by atoms with E-state index in [0.717, 1.165) is 0 Å². The lowest BCUT2D eigenvalue weighted by atomic mass is 9.92. The van der Waals surface area contributed by atoms with E-state index in [4.69, 9.17) is 32.6 Å². The maximum atomic E-state index is 9.88. The van der Waals surface area contributed by atoms with E-state index in [1.807, 2.05) is 6.07 Å². The van der Waals surface area contributed by atoms with E-state index in [9.17, 15) is 4.89 Å². The normalized spacial score (nSPS) is 14.5. The summed E-state index contributed by atoms with van der Waals surface area (Å²) < 4.78 is 49.3. The van der Waals surface area contributed by atoms with Gasteiger partial charge in [0.1, 0.15) is 0 Å². The van der Waals surface area contributed by atoms with Crippen LogP contribution in [-0.2, 0) is 23.3 Å². The Balaban J connectivity index is 4.82. The van der Waals surface area contributed by atoms with Crippen molar-refractivity contribution in [3.63, 3.8) is 0 Å². The summed E-state index contributed by atoms with van der Waals surface area (Å²) in [5, 5.41) is 8.53. The Morgan fingerprint density at radius 2 is 1.40 bits per heavy atom. The number of hydrogen-bond acceptors (Lipinski definition) is 7. The van der Waals surface area contributed by atoms with Crippen LogP contribution in [0.15, 0.2) is 0 Å². The van der Waals surface area contributed by atoms with Gasteiger partial charge in [0.15, 0.2) is 0 Å². The molecule has 0 aliphatic rings. The van der Waals surface area contributed by atoms with E-state index in [2.05, 4.69) is 0 Å². The fraction of sp³-hybridized carbons (Fsp3) is 0.941. The highest BCUT2D eigenvalue weighted by molar-refractivity contribution is 7.40. The van der Waals surface area contributed by atoms with Crippen LogP contribution in [0.3, 0.4) is 0 Å². The van der Waals surface area contributed by atoms with E-state index in [0.29, 0.717) is 39.1 Å². The van der Waals surface area contributed by atoms with Gasteiger partial charge in [-0.25, -0.2) is 0 Å². The fourth-order valence-electron chi connectivity index (χ4n) is 1.82. The minimum absolute atomic E-state index is 0.0738. The highest BCUT2D eigenvalue weighted by Gasteiger charge is 2.33. The van der Waals surface area contributed by atoms with Crippen LogP contribution in [0.2, 0.25) is 0 Å². The third-order valence-electron chi connectivity index (χ3n) is 2.99. The van der Waals surface area contributed by atoms with Crippen LogP contribution in [-0.4, -0.2) is 57.7 Å². The van der Waals surface area contributed by atoms with Crippen molar-refractivity contribution >= 4 is 8.60 Å². The molecule has 0 rings (SSSR count). The van der Waals surface area contributed by atoms with Crippen molar-refractivity contribution in [2.24, 2.45) is 5.41 Å². The van der Waals surface area contributed by atoms with Crippen LogP contribution < -0.4 is 0 Å². The molecule has 0 aromatic rings. The third-order valence-corrected chi connectivity index (χ3v) is 3.74. The molecular weight excluding hydrogens is 345 g/mol. The molecule has 8 heteroatoms. The van der Waals surface area contributed by atoms with Crippen LogP contribution in [0.5, 0.6) is 0 Å². The lowest BCUT2D eigenvalue weighted by molar-refractivity contribution is -0.0897. The van der Waals surface area contributed by atoms with Crippen LogP contribution in [0.4, 0.5) is 0 Å². The third kappa shape index (κ3) is 13.5. The number of hydrogen-bond donors (Lipinski definition) is 1. The van der Waals surface area contributed by atoms with Gasteiger partial charge in [-0.2, -0.15) is 5.26 Å². The minimum Gasteiger partial charge on any atom is -0.381 e. The molecule has 1 unspecified atom stereocenters. The van der Waals surface area contributed by atoms with Crippen molar-refractivity contribution in [3.05, 3.63) is 0 Å². The smallest absolute Gasteiger partial charge is 0.329 e. The van der Waals surface area contributed by atoms with E-state index in [-0.39, 0.29) is 60.2 Å². The summed E-state index contributed by atoms with van der Waals surface area (Å²) in [5.41, 5.74) is -0.687. The van der Waals surface area contributed by atoms with E-state index >= 15 is 0 Å². The molecule has 0 aliphatic carbocycles. The zero-order chi connectivity index (χ0) is 20.9. The predicted molar refractivity (Wildman–Crippen MR) is 97.0 cm³/mol. The number of ether oxygens (including phenoxy) is 3. The molecule has 0 saturated carbocycles. The zero-order valence-corrected chi connectivity index (χ0v) is 15.9. The second-order valence-electron chi connectivity index (χ2n) is 5.47. The van der Waals surface area contributed by atoms with Crippen molar-refractivity contribution in [1.82, 2.24) is 0 Å². The molecule has 1 N–H and O–H groups in total. The predicted octanol–water partition coefficient (Wildman–Crippen LogP) is 3.42. The average molecular weight is 382 g/mol. The summed E-state index contributed by atoms with van der Waals surface area (Å²) in [7, 11) is -2.13. The maximum absolute atomic E-state index is 9.88. The highest BCUT2D eigenvalue weighted by Crippen LogP contribution is 2.36. The quantitative estimate of drug-likeness (QED) is 0.287. The summed E-state index contributed by atoms with van der Waals surface area (Å²) in [4.78, 5) is 9.88. The summed E-state index contributed by atoms with van der Waals surface area (Å²) in [6.07, 6.45) is 2.00. The number of nitriles is 1. The van der Waals surface area contributed by atoms with Crippen LogP contribution in [0.1, 0.15) is 50.5 Å². The van der Waals surface area contributed by atoms with Crippen LogP contribution >= 0.6 is 8.60 Å². The molecule has 0 aromatic heterocycles. The molecule has 0 fully saturated rings. The Labute approximate surface area is 157 Å². The molecule has 0 saturated heterocycles. The first-order valence-electron chi connectivity index (χ1n) is 10.5. The summed E-state index contributed by atoms with van der Waals surface area (Å²) in [6.45, 7) is 3.05. The van der Waals surface area contributed by atoms with Crippen LogP contribution in [0, 0.1) is 16.7 Å². The Hall–Kier alpha value is -0.320. The number of nitrogens with zero attached hydrogens (tertiary/aromatic N) is 1. The molecule has 0 radical (unpaired) electrons. The monoisotopic (exact) mass is 382 g/mol. The van der Waals surface area contributed by atoms with Crippen molar-refractivity contribution in [3.8, 4) is 6.07 Å². The van der Waals surface area contributed by atoms with E-state index < -0.39 is 14.0 Å².